The van der Waals surface area contributed by atoms with Gasteiger partial charge in [0, 0.05) is 12.6 Å². The lowest BCUT2D eigenvalue weighted by molar-refractivity contribution is 0.0733. The molecule has 2 N–H and O–H groups in total. The zero-order chi connectivity index (χ0) is 15.8. The lowest BCUT2D eigenvalue weighted by atomic mass is 10.1. The van der Waals surface area contributed by atoms with Crippen molar-refractivity contribution in [2.24, 2.45) is 5.14 Å². The van der Waals surface area contributed by atoms with Gasteiger partial charge in [-0.15, -0.1) is 0 Å². The average molecular weight is 351 g/mol. The third-order valence-corrected chi connectivity index (χ3v) is 5.36. The van der Waals surface area contributed by atoms with E-state index in [0.29, 0.717) is 6.54 Å². The molecule has 1 aliphatic rings. The van der Waals surface area contributed by atoms with Crippen LogP contribution in [0.1, 0.15) is 36.5 Å². The molecule has 1 amide bonds. The van der Waals surface area contributed by atoms with Crippen LogP contribution in [0.5, 0.6) is 0 Å². The van der Waals surface area contributed by atoms with Crippen LogP contribution < -0.4 is 5.14 Å². The van der Waals surface area contributed by atoms with Crippen LogP contribution in [-0.2, 0) is 10.0 Å². The van der Waals surface area contributed by atoms with E-state index in [2.05, 4.69) is 0 Å². The van der Waals surface area contributed by atoms with Crippen LogP contribution >= 0.6 is 23.2 Å². The standard InChI is InChI=1S/C13H16Cl2N2O3S/c1-2-8-4-3-5-17(8)13(18)9-6-12(21(16,19)20)11(15)7-10(9)14/h6-8H,2-5H2,1H3,(H2,16,19,20). The fraction of sp³-hybridized carbons (Fsp3) is 0.462. The molecule has 1 aliphatic heterocycles. The predicted octanol–water partition coefficient (Wildman–Crippen LogP) is 2.66. The van der Waals surface area contributed by atoms with E-state index in [4.69, 9.17) is 28.3 Å². The van der Waals surface area contributed by atoms with Crippen molar-refractivity contribution in [3.05, 3.63) is 27.7 Å². The normalized spacial score (nSPS) is 19.0. The highest BCUT2D eigenvalue weighted by molar-refractivity contribution is 7.89. The van der Waals surface area contributed by atoms with Crippen LogP contribution in [0.2, 0.25) is 10.0 Å². The van der Waals surface area contributed by atoms with Gasteiger partial charge in [0.1, 0.15) is 4.90 Å². The number of carbonyl (C=O) groups is 1. The number of hydrogen-bond acceptors (Lipinski definition) is 3. The molecule has 8 heteroatoms. The molecule has 1 saturated heterocycles. The molecule has 116 valence electrons. The summed E-state index contributed by atoms with van der Waals surface area (Å²) in [7, 11) is -4.01. The summed E-state index contributed by atoms with van der Waals surface area (Å²) in [6.45, 7) is 2.65. The number of halogens is 2. The first kappa shape index (κ1) is 16.5. The minimum absolute atomic E-state index is 0.0903. The highest BCUT2D eigenvalue weighted by atomic mass is 35.5. The molecule has 0 aliphatic carbocycles. The Morgan fingerprint density at radius 1 is 1.38 bits per heavy atom. The lowest BCUT2D eigenvalue weighted by Crippen LogP contribution is -2.35. The Kier molecular flexibility index (Phi) is 4.82. The second-order valence-electron chi connectivity index (χ2n) is 5.01. The predicted molar refractivity (Wildman–Crippen MR) is 82.2 cm³/mol. The van der Waals surface area contributed by atoms with E-state index in [1.54, 1.807) is 4.90 Å². The Morgan fingerprint density at radius 3 is 2.62 bits per heavy atom. The number of nitrogens with two attached hydrogens (primary N) is 1. The number of rotatable bonds is 3. The number of likely N-dealkylation sites (tertiary alicyclic amines) is 1. The smallest absolute Gasteiger partial charge is 0.255 e. The molecule has 0 saturated carbocycles. The Bertz CT molecular complexity index is 676. The summed E-state index contributed by atoms with van der Waals surface area (Å²) in [6, 6.07) is 2.56. The maximum atomic E-state index is 12.6. The van der Waals surface area contributed by atoms with E-state index in [1.807, 2.05) is 6.92 Å². The third-order valence-electron chi connectivity index (χ3n) is 3.67. The monoisotopic (exact) mass is 350 g/mol. The maximum Gasteiger partial charge on any atom is 0.255 e. The third kappa shape index (κ3) is 3.34. The van der Waals surface area contributed by atoms with Crippen molar-refractivity contribution >= 4 is 39.1 Å². The molecule has 21 heavy (non-hydrogen) atoms. The highest BCUT2D eigenvalue weighted by Gasteiger charge is 2.30. The van der Waals surface area contributed by atoms with E-state index >= 15 is 0 Å². The molecule has 1 aromatic carbocycles. The Morgan fingerprint density at radius 2 is 2.05 bits per heavy atom. The fourth-order valence-corrected chi connectivity index (χ4v) is 3.99. The summed E-state index contributed by atoms with van der Waals surface area (Å²) >= 11 is 11.9. The first-order valence-corrected chi connectivity index (χ1v) is 8.88. The van der Waals surface area contributed by atoms with Crippen molar-refractivity contribution in [1.29, 1.82) is 0 Å². The van der Waals surface area contributed by atoms with Gasteiger partial charge in [-0.1, -0.05) is 30.1 Å². The van der Waals surface area contributed by atoms with Crippen molar-refractivity contribution in [3.8, 4) is 0 Å². The van der Waals surface area contributed by atoms with Crippen LogP contribution in [0.3, 0.4) is 0 Å². The number of benzene rings is 1. The second kappa shape index (κ2) is 6.12. The maximum absolute atomic E-state index is 12.6. The molecule has 1 aromatic rings. The van der Waals surface area contributed by atoms with Crippen LogP contribution in [0.4, 0.5) is 0 Å². The SMILES string of the molecule is CCC1CCCN1C(=O)c1cc(S(N)(=O)=O)c(Cl)cc1Cl. The number of sulfonamides is 1. The quantitative estimate of drug-likeness (QED) is 0.909. The second-order valence-corrected chi connectivity index (χ2v) is 7.35. The summed E-state index contributed by atoms with van der Waals surface area (Å²) in [5, 5.41) is 5.14. The van der Waals surface area contributed by atoms with E-state index < -0.39 is 10.0 Å². The molecule has 0 radical (unpaired) electrons. The molecule has 1 fully saturated rings. The van der Waals surface area contributed by atoms with Gasteiger partial charge in [-0.2, -0.15) is 0 Å². The number of carbonyl (C=O) groups excluding carboxylic acids is 1. The number of primary sulfonamides is 1. The summed E-state index contributed by atoms with van der Waals surface area (Å²) in [4.78, 5) is 14.0. The minimum atomic E-state index is -4.01. The summed E-state index contributed by atoms with van der Waals surface area (Å²) in [5.74, 6) is -0.286. The van der Waals surface area contributed by atoms with Gasteiger partial charge >= 0.3 is 0 Å². The highest BCUT2D eigenvalue weighted by Crippen LogP contribution is 2.31. The Balaban J connectivity index is 2.46. The zero-order valence-electron chi connectivity index (χ0n) is 11.5. The Labute approximate surface area is 134 Å². The molecular formula is C13H16Cl2N2O3S. The van der Waals surface area contributed by atoms with Gasteiger partial charge in [-0.05, 0) is 31.4 Å². The van der Waals surface area contributed by atoms with Gasteiger partial charge in [-0.3, -0.25) is 4.79 Å². The van der Waals surface area contributed by atoms with Gasteiger partial charge < -0.3 is 4.90 Å². The minimum Gasteiger partial charge on any atom is -0.336 e. The van der Waals surface area contributed by atoms with Gasteiger partial charge in [0.05, 0.1) is 15.6 Å². The van der Waals surface area contributed by atoms with Crippen molar-refractivity contribution in [3.63, 3.8) is 0 Å². The van der Waals surface area contributed by atoms with E-state index in [-0.39, 0.29) is 32.5 Å². The topological polar surface area (TPSA) is 80.5 Å². The molecule has 0 bridgehead atoms. The summed E-state index contributed by atoms with van der Waals surface area (Å²) in [5.41, 5.74) is 0.116. The molecule has 0 spiro atoms. The van der Waals surface area contributed by atoms with E-state index in [1.165, 1.54) is 6.07 Å². The van der Waals surface area contributed by atoms with E-state index in [9.17, 15) is 13.2 Å². The molecule has 0 aromatic heterocycles. The fourth-order valence-electron chi connectivity index (χ4n) is 2.59. The average Bonchev–Trinajstić information content (AvgIpc) is 2.84. The van der Waals surface area contributed by atoms with Crippen molar-refractivity contribution in [2.45, 2.75) is 37.1 Å². The van der Waals surface area contributed by atoms with Gasteiger partial charge in [-0.25, -0.2) is 13.6 Å². The zero-order valence-corrected chi connectivity index (χ0v) is 13.8. The van der Waals surface area contributed by atoms with Crippen molar-refractivity contribution < 1.29 is 13.2 Å². The van der Waals surface area contributed by atoms with Crippen molar-refractivity contribution in [1.82, 2.24) is 4.90 Å². The van der Waals surface area contributed by atoms with Crippen LogP contribution in [0, 0.1) is 0 Å². The van der Waals surface area contributed by atoms with E-state index in [0.717, 1.165) is 25.3 Å². The van der Waals surface area contributed by atoms with Crippen LogP contribution in [-0.4, -0.2) is 31.8 Å². The molecule has 1 atom stereocenters. The molecule has 5 nitrogen and oxygen atoms in total. The van der Waals surface area contributed by atoms with Gasteiger partial charge in [0.2, 0.25) is 10.0 Å². The molecule has 2 rings (SSSR count). The molecule has 1 unspecified atom stereocenters. The summed E-state index contributed by atoms with van der Waals surface area (Å²) in [6.07, 6.45) is 2.71. The van der Waals surface area contributed by atoms with Crippen LogP contribution in [0.25, 0.3) is 0 Å². The van der Waals surface area contributed by atoms with Crippen molar-refractivity contribution in [2.75, 3.05) is 6.54 Å². The Hall–Kier alpha value is -0.820. The molecule has 1 heterocycles. The van der Waals surface area contributed by atoms with Gasteiger partial charge in [0.25, 0.3) is 5.91 Å². The molecular weight excluding hydrogens is 335 g/mol. The first-order valence-electron chi connectivity index (χ1n) is 6.58. The lowest BCUT2D eigenvalue weighted by Gasteiger charge is -2.24. The largest absolute Gasteiger partial charge is 0.336 e. The number of nitrogens with zero attached hydrogens (tertiary/aromatic N) is 1. The van der Waals surface area contributed by atoms with Crippen LogP contribution in [0.15, 0.2) is 17.0 Å². The summed E-state index contributed by atoms with van der Waals surface area (Å²) < 4.78 is 23.0. The number of hydrogen-bond donors (Lipinski definition) is 1. The first-order chi connectivity index (χ1) is 9.75. The number of amides is 1. The van der Waals surface area contributed by atoms with Gasteiger partial charge in [0.15, 0.2) is 0 Å².